The second kappa shape index (κ2) is 12.3. The number of amides is 2. The molecule has 4 heterocycles. The molecular formula is C34H43N7O2. The highest BCUT2D eigenvalue weighted by atomic mass is 16.5. The summed E-state index contributed by atoms with van der Waals surface area (Å²) in [7, 11) is 0. The molecule has 43 heavy (non-hydrogen) atoms. The predicted octanol–water partition coefficient (Wildman–Crippen LogP) is 6.22. The summed E-state index contributed by atoms with van der Waals surface area (Å²) in [6.07, 6.45) is 4.15. The number of aromatic nitrogens is 3. The molecule has 0 bridgehead atoms. The zero-order valence-corrected chi connectivity index (χ0v) is 25.8. The van der Waals surface area contributed by atoms with Crippen molar-refractivity contribution in [2.75, 3.05) is 61.5 Å². The van der Waals surface area contributed by atoms with E-state index in [1.54, 1.807) is 10.9 Å². The smallest absolute Gasteiger partial charge is 0.324 e. The molecule has 0 spiro atoms. The molecule has 2 amide bonds. The molecule has 2 N–H and O–H groups in total. The number of ether oxygens (including phenoxy) is 1. The third kappa shape index (κ3) is 6.68. The zero-order valence-electron chi connectivity index (χ0n) is 25.8. The van der Waals surface area contributed by atoms with Crippen LogP contribution in [0.5, 0.6) is 0 Å². The van der Waals surface area contributed by atoms with Crippen LogP contribution in [0.25, 0.3) is 16.5 Å². The molecule has 0 atom stereocenters. The van der Waals surface area contributed by atoms with E-state index in [4.69, 9.17) is 9.84 Å². The lowest BCUT2D eigenvalue weighted by molar-refractivity contribution is 0.0289. The first kappa shape index (κ1) is 29.1. The van der Waals surface area contributed by atoms with Crippen molar-refractivity contribution in [2.24, 2.45) is 5.92 Å². The topological polar surface area (TPSA) is 87.6 Å². The Bertz CT molecular complexity index is 1560. The highest BCUT2D eigenvalue weighted by Crippen LogP contribution is 2.35. The second-order valence-corrected chi connectivity index (χ2v) is 12.8. The van der Waals surface area contributed by atoms with Crippen LogP contribution >= 0.6 is 0 Å². The summed E-state index contributed by atoms with van der Waals surface area (Å²) in [6.45, 7) is 15.3. The summed E-state index contributed by atoms with van der Waals surface area (Å²) < 4.78 is 7.27. The van der Waals surface area contributed by atoms with E-state index < -0.39 is 0 Å². The van der Waals surface area contributed by atoms with Gasteiger partial charge < -0.3 is 15.0 Å². The van der Waals surface area contributed by atoms with Gasteiger partial charge in [0.15, 0.2) is 0 Å². The van der Waals surface area contributed by atoms with Gasteiger partial charge in [0.25, 0.3) is 0 Å². The van der Waals surface area contributed by atoms with Gasteiger partial charge in [-0.3, -0.25) is 15.2 Å². The van der Waals surface area contributed by atoms with Gasteiger partial charge in [0, 0.05) is 66.4 Å². The third-order valence-electron chi connectivity index (χ3n) is 8.58. The molecule has 2 aromatic carbocycles. The molecular weight excluding hydrogens is 538 g/mol. The Morgan fingerprint density at radius 2 is 1.70 bits per heavy atom. The molecule has 2 aliphatic heterocycles. The quantitative estimate of drug-likeness (QED) is 0.281. The predicted molar refractivity (Wildman–Crippen MR) is 174 cm³/mol. The maximum Gasteiger partial charge on any atom is 0.324 e. The molecule has 0 unspecified atom stereocenters. The maximum absolute atomic E-state index is 13.4. The van der Waals surface area contributed by atoms with Gasteiger partial charge in [0.2, 0.25) is 0 Å². The number of anilines is 3. The van der Waals surface area contributed by atoms with Crippen LogP contribution in [-0.2, 0) is 10.2 Å². The Kier molecular flexibility index (Phi) is 8.36. The van der Waals surface area contributed by atoms with Crippen LogP contribution in [0.15, 0.2) is 60.8 Å². The largest absolute Gasteiger partial charge is 0.379 e. The lowest BCUT2D eigenvalue weighted by atomic mass is 9.92. The SMILES string of the molecule is Cc1ccc(-n2nc(C(C)(C)C)cc2NC(=O)Nc2ccc(N3CCC(CN4CCOCC4)CC3)c3ccccc23)cn1. The minimum atomic E-state index is -0.316. The molecule has 2 aliphatic rings. The molecule has 6 rings (SSSR count). The second-order valence-electron chi connectivity index (χ2n) is 12.8. The molecule has 0 aliphatic carbocycles. The van der Waals surface area contributed by atoms with Gasteiger partial charge >= 0.3 is 6.03 Å². The number of morpholine rings is 1. The zero-order chi connectivity index (χ0) is 30.0. The fourth-order valence-corrected chi connectivity index (χ4v) is 6.06. The van der Waals surface area contributed by atoms with E-state index in [0.29, 0.717) is 5.82 Å². The summed E-state index contributed by atoms with van der Waals surface area (Å²) in [5.41, 5.74) is 4.42. The van der Waals surface area contributed by atoms with Crippen molar-refractivity contribution in [1.29, 1.82) is 0 Å². The van der Waals surface area contributed by atoms with Crippen molar-refractivity contribution >= 4 is 34.0 Å². The van der Waals surface area contributed by atoms with E-state index in [2.05, 4.69) is 70.5 Å². The Morgan fingerprint density at radius 1 is 0.953 bits per heavy atom. The average molecular weight is 582 g/mol. The van der Waals surface area contributed by atoms with E-state index in [-0.39, 0.29) is 11.4 Å². The number of carbonyl (C=O) groups excluding carboxylic acids is 1. The summed E-state index contributed by atoms with van der Waals surface area (Å²) in [6, 6.07) is 18.0. The molecule has 2 fully saturated rings. The summed E-state index contributed by atoms with van der Waals surface area (Å²) >= 11 is 0. The van der Waals surface area contributed by atoms with E-state index in [1.165, 1.54) is 25.1 Å². The van der Waals surface area contributed by atoms with Crippen molar-refractivity contribution in [3.8, 4) is 5.69 Å². The fraction of sp³-hybridized carbons (Fsp3) is 0.441. The van der Waals surface area contributed by atoms with Gasteiger partial charge in [0.05, 0.1) is 36.5 Å². The Morgan fingerprint density at radius 3 is 2.40 bits per heavy atom. The number of benzene rings is 2. The molecule has 9 nitrogen and oxygen atoms in total. The van der Waals surface area contributed by atoms with Crippen LogP contribution in [0.2, 0.25) is 0 Å². The monoisotopic (exact) mass is 581 g/mol. The van der Waals surface area contributed by atoms with E-state index in [1.807, 2.05) is 37.3 Å². The van der Waals surface area contributed by atoms with Gasteiger partial charge in [-0.25, -0.2) is 9.48 Å². The Labute approximate surface area is 254 Å². The number of piperidine rings is 1. The number of carbonyl (C=O) groups is 1. The summed E-state index contributed by atoms with van der Waals surface area (Å²) in [4.78, 5) is 22.9. The summed E-state index contributed by atoms with van der Waals surface area (Å²) in [5.74, 6) is 1.32. The number of hydrogen-bond acceptors (Lipinski definition) is 6. The Hall–Kier alpha value is -3.95. The molecule has 9 heteroatoms. The van der Waals surface area contributed by atoms with Crippen LogP contribution in [0.1, 0.15) is 45.0 Å². The number of fused-ring (bicyclic) bond motifs is 1. The van der Waals surface area contributed by atoms with Crippen LogP contribution in [0.3, 0.4) is 0 Å². The first-order valence-electron chi connectivity index (χ1n) is 15.4. The lowest BCUT2D eigenvalue weighted by Gasteiger charge is -2.37. The molecule has 4 aromatic rings. The van der Waals surface area contributed by atoms with Crippen molar-refractivity contribution < 1.29 is 9.53 Å². The maximum atomic E-state index is 13.4. The number of hydrogen-bond donors (Lipinski definition) is 2. The lowest BCUT2D eigenvalue weighted by Crippen LogP contribution is -2.43. The van der Waals surface area contributed by atoms with Crippen LogP contribution in [-0.4, -0.2) is 71.6 Å². The minimum absolute atomic E-state index is 0.181. The number of pyridine rings is 1. The number of rotatable bonds is 6. The summed E-state index contributed by atoms with van der Waals surface area (Å²) in [5, 5.41) is 13.1. The van der Waals surface area contributed by atoms with E-state index >= 15 is 0 Å². The molecule has 0 radical (unpaired) electrons. The van der Waals surface area contributed by atoms with Crippen molar-refractivity contribution in [3.05, 3.63) is 72.2 Å². The molecule has 226 valence electrons. The normalized spacial score (nSPS) is 16.9. The molecule has 2 saturated heterocycles. The fourth-order valence-electron chi connectivity index (χ4n) is 6.06. The first-order chi connectivity index (χ1) is 20.7. The highest BCUT2D eigenvalue weighted by Gasteiger charge is 2.25. The standard InChI is InChI=1S/C34H43N7O2/c1-24-9-10-26(22-35-24)41-32(21-31(38-41)34(2,3)4)37-33(42)36-29-11-12-30(28-8-6-5-7-27(28)29)40-15-13-25(14-16-40)23-39-17-19-43-20-18-39/h5-12,21-22,25H,13-20,23H2,1-4H3,(H2,36,37,42). The van der Waals surface area contributed by atoms with Gasteiger partial charge in [-0.15, -0.1) is 0 Å². The minimum Gasteiger partial charge on any atom is -0.379 e. The van der Waals surface area contributed by atoms with Crippen LogP contribution < -0.4 is 15.5 Å². The van der Waals surface area contributed by atoms with Crippen LogP contribution in [0, 0.1) is 12.8 Å². The van der Waals surface area contributed by atoms with Crippen molar-refractivity contribution in [3.63, 3.8) is 0 Å². The average Bonchev–Trinajstić information content (AvgIpc) is 3.43. The number of nitrogens with zero attached hydrogens (tertiary/aromatic N) is 5. The Balaban J connectivity index is 1.18. The molecule has 0 saturated carbocycles. The van der Waals surface area contributed by atoms with Crippen molar-refractivity contribution in [2.45, 2.75) is 46.0 Å². The van der Waals surface area contributed by atoms with Crippen LogP contribution in [0.4, 0.5) is 22.0 Å². The van der Waals surface area contributed by atoms with E-state index in [0.717, 1.165) is 78.8 Å². The van der Waals surface area contributed by atoms with Gasteiger partial charge in [-0.05, 0) is 49.9 Å². The highest BCUT2D eigenvalue weighted by molar-refractivity contribution is 6.09. The van der Waals surface area contributed by atoms with Crippen molar-refractivity contribution in [1.82, 2.24) is 19.7 Å². The van der Waals surface area contributed by atoms with Gasteiger partial charge in [-0.1, -0.05) is 45.0 Å². The van der Waals surface area contributed by atoms with E-state index in [9.17, 15) is 4.79 Å². The van der Waals surface area contributed by atoms with Gasteiger partial charge in [-0.2, -0.15) is 5.10 Å². The van der Waals surface area contributed by atoms with Gasteiger partial charge in [0.1, 0.15) is 5.82 Å². The third-order valence-corrected chi connectivity index (χ3v) is 8.58. The first-order valence-corrected chi connectivity index (χ1v) is 15.4. The molecule has 2 aromatic heterocycles. The number of urea groups is 1. The number of aryl methyl sites for hydroxylation is 1. The number of nitrogens with one attached hydrogen (secondary N) is 2.